The molecule has 2 atom stereocenters. The molecule has 0 saturated carbocycles. The van der Waals surface area contributed by atoms with Crippen LogP contribution in [0.25, 0.3) is 28.1 Å². The number of rotatable bonds is 10. The van der Waals surface area contributed by atoms with Crippen molar-refractivity contribution in [3.05, 3.63) is 66.2 Å². The van der Waals surface area contributed by atoms with Crippen LogP contribution in [0.1, 0.15) is 72.7 Å². The van der Waals surface area contributed by atoms with Crippen molar-refractivity contribution in [3.63, 3.8) is 0 Å². The van der Waals surface area contributed by atoms with E-state index in [2.05, 4.69) is 48.7 Å². The summed E-state index contributed by atoms with van der Waals surface area (Å²) in [6.07, 6.45) is 4.57. The van der Waals surface area contributed by atoms with E-state index in [4.69, 9.17) is 14.4 Å². The van der Waals surface area contributed by atoms with Gasteiger partial charge in [0.15, 0.2) is 14.0 Å². The number of pyridine rings is 1. The van der Waals surface area contributed by atoms with Crippen molar-refractivity contribution in [1.82, 2.24) is 29.5 Å². The number of hydrogen-bond acceptors (Lipinski definition) is 8. The fourth-order valence-corrected chi connectivity index (χ4v) is 5.86. The number of aromatic nitrogens is 5. The Kier molecular flexibility index (Phi) is 9.32. The Morgan fingerprint density at radius 2 is 1.79 bits per heavy atom. The van der Waals surface area contributed by atoms with Crippen molar-refractivity contribution < 1.29 is 14.1 Å². The summed E-state index contributed by atoms with van der Waals surface area (Å²) in [4.78, 5) is 14.1. The Balaban J connectivity index is 1.66. The van der Waals surface area contributed by atoms with Crippen LogP contribution in [0.15, 0.2) is 54.9 Å². The van der Waals surface area contributed by atoms with E-state index < -0.39 is 30.2 Å². The van der Waals surface area contributed by atoms with Crippen LogP contribution in [0.5, 0.6) is 0 Å². The average Bonchev–Trinajstić information content (AvgIpc) is 3.34. The first kappa shape index (κ1) is 32.2. The fourth-order valence-electron chi connectivity index (χ4n) is 4.10. The molecule has 2 N–H and O–H groups in total. The van der Waals surface area contributed by atoms with Gasteiger partial charge >= 0.3 is 0 Å². The summed E-state index contributed by atoms with van der Waals surface area (Å²) in [6, 6.07) is 13.4. The van der Waals surface area contributed by atoms with Gasteiger partial charge in [-0.05, 0) is 69.6 Å². The van der Waals surface area contributed by atoms with Crippen molar-refractivity contribution in [1.29, 1.82) is 0 Å². The lowest BCUT2D eigenvalue weighted by atomic mass is 10.0. The van der Waals surface area contributed by atoms with Crippen LogP contribution in [0.3, 0.4) is 0 Å². The molecule has 0 bridgehead atoms. The smallest absolute Gasteiger partial charge is 0.251 e. The van der Waals surface area contributed by atoms with Gasteiger partial charge in [-0.2, -0.15) is 9.78 Å². The molecular weight excluding hydrogens is 565 g/mol. The number of nitrogens with zero attached hydrogens (tertiary/aromatic N) is 5. The second-order valence-electron chi connectivity index (χ2n) is 13.2. The van der Waals surface area contributed by atoms with Gasteiger partial charge in [0, 0.05) is 28.5 Å². The van der Waals surface area contributed by atoms with Gasteiger partial charge in [0.1, 0.15) is 4.75 Å². The van der Waals surface area contributed by atoms with E-state index >= 15 is 0 Å². The molecule has 4 rings (SSSR count). The molecule has 0 spiro atoms. The summed E-state index contributed by atoms with van der Waals surface area (Å²) in [6.45, 7) is 19.1. The number of fused-ring (bicyclic) bond motifs is 1. The van der Waals surface area contributed by atoms with Crippen molar-refractivity contribution in [3.8, 4) is 17.2 Å². The van der Waals surface area contributed by atoms with Crippen LogP contribution in [-0.2, 0) is 28.1 Å². The fraction of sp³-hybridized carbons (Fsp3) is 0.484. The van der Waals surface area contributed by atoms with Crippen molar-refractivity contribution >= 4 is 30.6 Å². The number of aliphatic hydroxyl groups is 1. The van der Waals surface area contributed by atoms with Crippen LogP contribution < -0.4 is 4.72 Å². The molecular formula is C31H44N6O3SSi. The molecule has 1 aromatic carbocycles. The van der Waals surface area contributed by atoms with E-state index in [9.17, 15) is 9.66 Å². The standard InChI is InChI=1S/C31H44N6O3SSi/c1-10-17-31(38,36-41(39)29(2,3)4)27-13-11-12-25(35-27)22-14-15-23-20-33-37(26(23)19-22)28-32-18-16-24(34-28)21-40-42(8,9)30(5,6)7/h11-16,18-20,36,38H,10,17,21H2,1-9H3. The third-order valence-corrected chi connectivity index (χ3v) is 13.9. The highest BCUT2D eigenvalue weighted by atomic mass is 32.2. The maximum atomic E-state index is 12.9. The average molecular weight is 609 g/mol. The molecule has 0 amide bonds. The van der Waals surface area contributed by atoms with E-state index in [1.165, 1.54) is 0 Å². The molecule has 9 nitrogen and oxygen atoms in total. The zero-order valence-corrected chi connectivity index (χ0v) is 28.0. The number of nitrogens with one attached hydrogen (secondary N) is 1. The summed E-state index contributed by atoms with van der Waals surface area (Å²) >= 11 is -1.48. The minimum absolute atomic E-state index is 0.106. The summed E-state index contributed by atoms with van der Waals surface area (Å²) in [7, 11) is -1.93. The molecule has 0 aliphatic heterocycles. The zero-order valence-electron chi connectivity index (χ0n) is 26.2. The molecule has 11 heteroatoms. The lowest BCUT2D eigenvalue weighted by molar-refractivity contribution is 0.0101. The van der Waals surface area contributed by atoms with Gasteiger partial charge in [-0.25, -0.2) is 15.0 Å². The van der Waals surface area contributed by atoms with Gasteiger partial charge in [-0.3, -0.25) is 0 Å². The Morgan fingerprint density at radius 3 is 2.45 bits per heavy atom. The molecule has 0 aliphatic rings. The first-order valence-corrected chi connectivity index (χ1v) is 18.4. The van der Waals surface area contributed by atoms with E-state index in [0.29, 0.717) is 36.8 Å². The van der Waals surface area contributed by atoms with Crippen LogP contribution >= 0.6 is 0 Å². The van der Waals surface area contributed by atoms with Crippen molar-refractivity contribution in [2.75, 3.05) is 0 Å². The van der Waals surface area contributed by atoms with E-state index in [1.54, 1.807) is 23.1 Å². The van der Waals surface area contributed by atoms with E-state index in [1.807, 2.05) is 64.1 Å². The van der Waals surface area contributed by atoms with Gasteiger partial charge in [0.2, 0.25) is 0 Å². The summed E-state index contributed by atoms with van der Waals surface area (Å²) in [5, 5.41) is 17.2. The first-order chi connectivity index (χ1) is 19.5. The normalized spacial score (nSPS) is 15.1. The molecule has 4 aromatic rings. The molecule has 3 aromatic heterocycles. The van der Waals surface area contributed by atoms with Gasteiger partial charge in [0.25, 0.3) is 5.95 Å². The molecule has 0 fully saturated rings. The Morgan fingerprint density at radius 1 is 1.05 bits per heavy atom. The van der Waals surface area contributed by atoms with Crippen molar-refractivity contribution in [2.45, 2.75) is 96.5 Å². The molecule has 0 saturated heterocycles. The quantitative estimate of drug-likeness (QED) is 0.121. The Bertz CT molecular complexity index is 1530. The van der Waals surface area contributed by atoms with Gasteiger partial charge in [-0.15, -0.1) is 4.72 Å². The largest absolute Gasteiger partial charge is 0.598 e. The van der Waals surface area contributed by atoms with Crippen LogP contribution in [0.2, 0.25) is 18.1 Å². The lowest BCUT2D eigenvalue weighted by Gasteiger charge is -2.36. The van der Waals surface area contributed by atoms with Gasteiger partial charge in [-0.1, -0.05) is 52.3 Å². The predicted octanol–water partition coefficient (Wildman–Crippen LogP) is 6.40. The van der Waals surface area contributed by atoms with Gasteiger partial charge in [0.05, 0.1) is 35.4 Å². The van der Waals surface area contributed by atoms with E-state index in [-0.39, 0.29) is 5.04 Å². The third-order valence-electron chi connectivity index (χ3n) is 7.75. The third kappa shape index (κ3) is 7.09. The maximum absolute atomic E-state index is 12.9. The molecule has 0 radical (unpaired) electrons. The zero-order chi connectivity index (χ0) is 30.9. The SMILES string of the molecule is CCCC(O)(N[S+]([O-])C(C)(C)C)c1cccc(-c2ccc3cnn(-c4nccc(CO[Si](C)(C)C(C)(C)C)n4)c3c2)n1. The molecule has 42 heavy (non-hydrogen) atoms. The molecule has 226 valence electrons. The minimum atomic E-state index is -1.93. The molecule has 3 heterocycles. The lowest BCUT2D eigenvalue weighted by Crippen LogP contribution is -2.51. The highest BCUT2D eigenvalue weighted by Gasteiger charge is 2.40. The summed E-state index contributed by atoms with van der Waals surface area (Å²) in [5.74, 6) is 0.464. The van der Waals surface area contributed by atoms with Gasteiger partial charge < -0.3 is 14.1 Å². The summed E-state index contributed by atoms with van der Waals surface area (Å²) < 4.78 is 23.4. The predicted molar refractivity (Wildman–Crippen MR) is 172 cm³/mol. The summed E-state index contributed by atoms with van der Waals surface area (Å²) in [5.41, 5.74) is 2.05. The second kappa shape index (κ2) is 12.1. The Labute approximate surface area is 253 Å². The minimum Gasteiger partial charge on any atom is -0.598 e. The van der Waals surface area contributed by atoms with Crippen LogP contribution in [0.4, 0.5) is 0 Å². The second-order valence-corrected chi connectivity index (χ2v) is 20.0. The van der Waals surface area contributed by atoms with E-state index in [0.717, 1.165) is 22.2 Å². The monoisotopic (exact) mass is 608 g/mol. The topological polar surface area (TPSA) is 121 Å². The number of hydrogen-bond donors (Lipinski definition) is 2. The maximum Gasteiger partial charge on any atom is 0.251 e. The van der Waals surface area contributed by atoms with Crippen LogP contribution in [-0.4, -0.2) is 47.5 Å². The molecule has 0 aliphatic carbocycles. The van der Waals surface area contributed by atoms with Crippen LogP contribution in [0, 0.1) is 0 Å². The Hall–Kier alpha value is -2.67. The highest BCUT2D eigenvalue weighted by molar-refractivity contribution is 7.90. The molecule has 2 unspecified atom stereocenters. The van der Waals surface area contributed by atoms with Crippen molar-refractivity contribution in [2.24, 2.45) is 0 Å². The highest BCUT2D eigenvalue weighted by Crippen LogP contribution is 2.37. The number of benzene rings is 1. The first-order valence-electron chi connectivity index (χ1n) is 14.4.